The molecule has 0 aromatic heterocycles. The van der Waals surface area contributed by atoms with Crippen LogP contribution in [0.2, 0.25) is 5.02 Å². The topological polar surface area (TPSA) is 76.4 Å². The minimum absolute atomic E-state index is 0.00805. The summed E-state index contributed by atoms with van der Waals surface area (Å²) < 4.78 is 50.9. The first-order valence-corrected chi connectivity index (χ1v) is 10.9. The van der Waals surface area contributed by atoms with Gasteiger partial charge >= 0.3 is 0 Å². The summed E-state index contributed by atoms with van der Waals surface area (Å²) in [5.41, 5.74) is 0.422. The van der Waals surface area contributed by atoms with Crippen molar-refractivity contribution in [3.8, 4) is 17.6 Å². The number of rotatable bonds is 7. The number of sulfone groups is 1. The van der Waals surface area contributed by atoms with E-state index in [0.717, 1.165) is 0 Å². The summed E-state index contributed by atoms with van der Waals surface area (Å²) in [6.45, 7) is -0.222. The van der Waals surface area contributed by atoms with E-state index in [1.54, 1.807) is 42.5 Å². The highest BCUT2D eigenvalue weighted by Crippen LogP contribution is 2.35. The first kappa shape index (κ1) is 22.3. The van der Waals surface area contributed by atoms with Gasteiger partial charge in [-0.05, 0) is 36.4 Å². The predicted octanol–water partition coefficient (Wildman–Crippen LogP) is 5.41. The summed E-state index contributed by atoms with van der Waals surface area (Å²) in [7, 11) is -2.63. The van der Waals surface area contributed by atoms with Crippen molar-refractivity contribution in [3.63, 3.8) is 0 Å². The van der Waals surface area contributed by atoms with Crippen LogP contribution in [0.15, 0.2) is 76.5 Å². The number of nitrogens with zero attached hydrogens (tertiary/aromatic N) is 1. The first-order chi connectivity index (χ1) is 14.9. The quantitative estimate of drug-likeness (QED) is 0.443. The number of hydrogen-bond acceptors (Lipinski definition) is 5. The van der Waals surface area contributed by atoms with Crippen LogP contribution in [0.5, 0.6) is 11.5 Å². The standard InChI is InChI=1S/C23H17ClFNO4S/c1-29-22-12-5-7-16(23(22)30-15-19-20(24)10-6-11-21(19)25)13-18(14-26)31(27,28)17-8-3-2-4-9-17/h2-13H,15H2,1H3/b18-13+. The lowest BCUT2D eigenvalue weighted by Crippen LogP contribution is -2.05. The number of halogens is 2. The van der Waals surface area contributed by atoms with Gasteiger partial charge in [0.05, 0.1) is 17.0 Å². The number of methoxy groups -OCH3 is 1. The molecular formula is C23H17ClFNO4S. The van der Waals surface area contributed by atoms with Crippen LogP contribution in [0, 0.1) is 17.1 Å². The zero-order chi connectivity index (χ0) is 22.4. The fraction of sp³-hybridized carbons (Fsp3) is 0.0870. The van der Waals surface area contributed by atoms with Gasteiger partial charge in [-0.3, -0.25) is 0 Å². The molecule has 3 aromatic carbocycles. The maximum absolute atomic E-state index is 14.1. The molecule has 0 bridgehead atoms. The Hall–Kier alpha value is -3.34. The molecular weight excluding hydrogens is 441 g/mol. The number of hydrogen-bond donors (Lipinski definition) is 0. The molecule has 158 valence electrons. The molecule has 31 heavy (non-hydrogen) atoms. The van der Waals surface area contributed by atoms with Gasteiger partial charge in [0, 0.05) is 11.1 Å². The molecule has 0 unspecified atom stereocenters. The molecule has 3 rings (SSSR count). The summed E-state index contributed by atoms with van der Waals surface area (Å²) in [6, 6.07) is 18.4. The molecule has 0 atom stereocenters. The summed E-state index contributed by atoms with van der Waals surface area (Å²) >= 11 is 6.06. The van der Waals surface area contributed by atoms with Gasteiger partial charge in [0.2, 0.25) is 9.84 Å². The highest BCUT2D eigenvalue weighted by molar-refractivity contribution is 7.95. The lowest BCUT2D eigenvalue weighted by molar-refractivity contribution is 0.279. The van der Waals surface area contributed by atoms with Gasteiger partial charge in [-0.1, -0.05) is 48.0 Å². The highest BCUT2D eigenvalue weighted by Gasteiger charge is 2.22. The van der Waals surface area contributed by atoms with Crippen LogP contribution < -0.4 is 9.47 Å². The number of allylic oxidation sites excluding steroid dienone is 1. The molecule has 0 aliphatic heterocycles. The summed E-state index contributed by atoms with van der Waals surface area (Å²) in [5, 5.41) is 9.74. The third kappa shape index (κ3) is 4.88. The first-order valence-electron chi connectivity index (χ1n) is 9.03. The maximum atomic E-state index is 14.1. The van der Waals surface area contributed by atoms with Crippen molar-refractivity contribution in [3.05, 3.63) is 93.6 Å². The Morgan fingerprint density at radius 1 is 1.10 bits per heavy atom. The van der Waals surface area contributed by atoms with Crippen molar-refractivity contribution >= 4 is 27.5 Å². The van der Waals surface area contributed by atoms with E-state index >= 15 is 0 Å². The van der Waals surface area contributed by atoms with Gasteiger partial charge in [0.15, 0.2) is 11.5 Å². The molecule has 0 spiro atoms. The van der Waals surface area contributed by atoms with E-state index < -0.39 is 20.6 Å². The average Bonchev–Trinajstić information content (AvgIpc) is 2.78. The largest absolute Gasteiger partial charge is 0.493 e. The summed E-state index contributed by atoms with van der Waals surface area (Å²) in [4.78, 5) is -0.480. The molecule has 0 radical (unpaired) electrons. The van der Waals surface area contributed by atoms with Crippen molar-refractivity contribution in [2.75, 3.05) is 7.11 Å². The molecule has 5 nitrogen and oxygen atoms in total. The van der Waals surface area contributed by atoms with Gasteiger partial charge in [-0.25, -0.2) is 12.8 Å². The fourth-order valence-electron chi connectivity index (χ4n) is 2.81. The zero-order valence-corrected chi connectivity index (χ0v) is 18.0. The third-order valence-electron chi connectivity index (χ3n) is 4.39. The van der Waals surface area contributed by atoms with Gasteiger partial charge in [0.1, 0.15) is 23.4 Å². The van der Waals surface area contributed by atoms with E-state index in [-0.39, 0.29) is 39.2 Å². The van der Waals surface area contributed by atoms with E-state index in [2.05, 4.69) is 0 Å². The van der Waals surface area contributed by atoms with Crippen LogP contribution in [0.1, 0.15) is 11.1 Å². The summed E-state index contributed by atoms with van der Waals surface area (Å²) in [6.07, 6.45) is 1.20. The normalized spacial score (nSPS) is 11.6. The Morgan fingerprint density at radius 3 is 2.45 bits per heavy atom. The smallest absolute Gasteiger partial charge is 0.216 e. The Labute approximate surface area is 184 Å². The zero-order valence-electron chi connectivity index (χ0n) is 16.4. The number of para-hydroxylation sites is 1. The molecule has 0 saturated carbocycles. The van der Waals surface area contributed by atoms with Crippen molar-refractivity contribution in [1.82, 2.24) is 0 Å². The molecule has 0 heterocycles. The second kappa shape index (κ2) is 9.65. The van der Waals surface area contributed by atoms with E-state index in [0.29, 0.717) is 0 Å². The monoisotopic (exact) mass is 457 g/mol. The van der Waals surface area contributed by atoms with Crippen LogP contribution in [-0.4, -0.2) is 15.5 Å². The molecule has 0 aliphatic carbocycles. The van der Waals surface area contributed by atoms with Crippen LogP contribution in [0.25, 0.3) is 6.08 Å². The lowest BCUT2D eigenvalue weighted by Gasteiger charge is -2.15. The van der Waals surface area contributed by atoms with Gasteiger partial charge in [0.25, 0.3) is 0 Å². The fourth-order valence-corrected chi connectivity index (χ4v) is 4.20. The van der Waals surface area contributed by atoms with Crippen LogP contribution in [-0.2, 0) is 16.4 Å². The molecule has 0 N–H and O–H groups in total. The minimum atomic E-state index is -4.04. The predicted molar refractivity (Wildman–Crippen MR) is 116 cm³/mol. The Balaban J connectivity index is 2.04. The lowest BCUT2D eigenvalue weighted by atomic mass is 10.1. The van der Waals surface area contributed by atoms with E-state index in [1.165, 1.54) is 43.5 Å². The van der Waals surface area contributed by atoms with E-state index in [9.17, 15) is 18.1 Å². The van der Waals surface area contributed by atoms with Crippen molar-refractivity contribution in [2.24, 2.45) is 0 Å². The SMILES string of the molecule is COc1cccc(/C=C(\C#N)S(=O)(=O)c2ccccc2)c1OCc1c(F)cccc1Cl. The third-order valence-corrected chi connectivity index (χ3v) is 6.43. The number of ether oxygens (including phenoxy) is 2. The molecule has 0 amide bonds. The Bertz CT molecular complexity index is 1250. The Kier molecular flexibility index (Phi) is 6.95. The minimum Gasteiger partial charge on any atom is -0.493 e. The Morgan fingerprint density at radius 2 is 1.81 bits per heavy atom. The van der Waals surface area contributed by atoms with Gasteiger partial charge in [-0.2, -0.15) is 5.26 Å². The second-order valence-electron chi connectivity index (χ2n) is 6.30. The number of nitriles is 1. The number of benzene rings is 3. The van der Waals surface area contributed by atoms with Gasteiger partial charge < -0.3 is 9.47 Å². The van der Waals surface area contributed by atoms with E-state index in [4.69, 9.17) is 21.1 Å². The van der Waals surface area contributed by atoms with Crippen LogP contribution >= 0.6 is 11.6 Å². The average molecular weight is 458 g/mol. The van der Waals surface area contributed by atoms with Crippen LogP contribution in [0.4, 0.5) is 4.39 Å². The molecule has 0 fully saturated rings. The summed E-state index contributed by atoms with van der Waals surface area (Å²) in [5.74, 6) is -0.0974. The highest BCUT2D eigenvalue weighted by atomic mass is 35.5. The molecule has 3 aromatic rings. The van der Waals surface area contributed by atoms with Crippen molar-refractivity contribution in [2.45, 2.75) is 11.5 Å². The molecule has 0 saturated heterocycles. The van der Waals surface area contributed by atoms with Gasteiger partial charge in [-0.15, -0.1) is 0 Å². The van der Waals surface area contributed by atoms with Crippen LogP contribution in [0.3, 0.4) is 0 Å². The molecule has 0 aliphatic rings. The van der Waals surface area contributed by atoms with Crippen molar-refractivity contribution in [1.29, 1.82) is 5.26 Å². The van der Waals surface area contributed by atoms with Crippen molar-refractivity contribution < 1.29 is 22.3 Å². The second-order valence-corrected chi connectivity index (χ2v) is 8.63. The van der Waals surface area contributed by atoms with E-state index in [1.807, 2.05) is 0 Å². The molecule has 8 heteroatoms. The maximum Gasteiger partial charge on any atom is 0.216 e.